The number of aryl methyl sites for hydroxylation is 1. The van der Waals surface area contributed by atoms with E-state index < -0.39 is 11.2 Å². The van der Waals surface area contributed by atoms with Crippen molar-refractivity contribution in [3.8, 4) is 0 Å². The second kappa shape index (κ2) is 8.73. The van der Waals surface area contributed by atoms with Crippen LogP contribution in [0.5, 0.6) is 0 Å². The molecule has 1 aliphatic carbocycles. The number of anilines is 3. The first-order valence-corrected chi connectivity index (χ1v) is 12.6. The summed E-state index contributed by atoms with van der Waals surface area (Å²) in [6.45, 7) is 2.66. The van der Waals surface area contributed by atoms with E-state index in [2.05, 4.69) is 10.6 Å². The van der Waals surface area contributed by atoms with Gasteiger partial charge in [0, 0.05) is 18.6 Å². The van der Waals surface area contributed by atoms with Gasteiger partial charge in [0.15, 0.2) is 10.5 Å². The molecule has 2 aromatic heterocycles. The van der Waals surface area contributed by atoms with E-state index in [0.29, 0.717) is 34.2 Å². The Morgan fingerprint density at radius 2 is 2.00 bits per heavy atom. The SMILES string of the molecule is Cc1nc2c(Nc3ccccc3[S@@+](C)[O-])cc(NC(=O)C3CC3)nc2n1C1CCCCO1. The van der Waals surface area contributed by atoms with Crippen molar-refractivity contribution in [1.29, 1.82) is 0 Å². The lowest BCUT2D eigenvalue weighted by Gasteiger charge is -2.25. The molecule has 3 aromatic rings. The van der Waals surface area contributed by atoms with Gasteiger partial charge in [0.25, 0.3) is 0 Å². The lowest BCUT2D eigenvalue weighted by molar-refractivity contribution is -0.117. The Hall–Kier alpha value is -2.62. The molecule has 2 fully saturated rings. The maximum atomic E-state index is 12.5. The normalized spacial score (nSPS) is 19.7. The van der Waals surface area contributed by atoms with Crippen LogP contribution in [0.1, 0.15) is 44.2 Å². The number of amides is 1. The predicted molar refractivity (Wildman–Crippen MR) is 125 cm³/mol. The van der Waals surface area contributed by atoms with Crippen molar-refractivity contribution in [3.05, 3.63) is 36.2 Å². The van der Waals surface area contributed by atoms with E-state index >= 15 is 0 Å². The average Bonchev–Trinajstić information content (AvgIpc) is 3.58. The number of rotatable bonds is 6. The molecule has 1 saturated carbocycles. The fourth-order valence-corrected chi connectivity index (χ4v) is 4.84. The molecule has 0 spiro atoms. The molecular formula is C23H27N5O3S. The Labute approximate surface area is 190 Å². The summed E-state index contributed by atoms with van der Waals surface area (Å²) in [6, 6.07) is 9.29. The second-order valence-electron chi connectivity index (χ2n) is 8.42. The first-order chi connectivity index (χ1) is 15.5. The summed E-state index contributed by atoms with van der Waals surface area (Å²) in [5.41, 5.74) is 2.80. The average molecular weight is 454 g/mol. The summed E-state index contributed by atoms with van der Waals surface area (Å²) < 4.78 is 20.3. The fourth-order valence-electron chi connectivity index (χ4n) is 4.14. The molecule has 1 amide bonds. The Balaban J connectivity index is 1.61. The molecule has 1 aliphatic heterocycles. The van der Waals surface area contributed by atoms with Gasteiger partial charge in [-0.05, 0) is 62.3 Å². The van der Waals surface area contributed by atoms with Crippen LogP contribution in [0.2, 0.25) is 0 Å². The number of para-hydroxylation sites is 1. The predicted octanol–water partition coefficient (Wildman–Crippen LogP) is 4.27. The molecular weight excluding hydrogens is 426 g/mol. The quantitative estimate of drug-likeness (QED) is 0.540. The van der Waals surface area contributed by atoms with Crippen molar-refractivity contribution in [2.75, 3.05) is 23.5 Å². The van der Waals surface area contributed by atoms with Crippen LogP contribution in [-0.4, -0.2) is 37.9 Å². The maximum Gasteiger partial charge on any atom is 0.228 e. The van der Waals surface area contributed by atoms with E-state index in [1.807, 2.05) is 35.8 Å². The highest BCUT2D eigenvalue weighted by molar-refractivity contribution is 7.90. The molecule has 8 nitrogen and oxygen atoms in total. The number of aromatic nitrogens is 3. The number of fused-ring (bicyclic) bond motifs is 1. The van der Waals surface area contributed by atoms with Gasteiger partial charge in [-0.15, -0.1) is 0 Å². The van der Waals surface area contributed by atoms with E-state index in [4.69, 9.17) is 14.7 Å². The highest BCUT2D eigenvalue weighted by Gasteiger charge is 2.30. The van der Waals surface area contributed by atoms with E-state index in [-0.39, 0.29) is 18.1 Å². The second-order valence-corrected chi connectivity index (χ2v) is 9.76. The van der Waals surface area contributed by atoms with Gasteiger partial charge in [-0.1, -0.05) is 12.1 Å². The van der Waals surface area contributed by atoms with Gasteiger partial charge in [0.1, 0.15) is 29.6 Å². The third-order valence-corrected chi connectivity index (χ3v) is 6.91. The standard InChI is InChI=1S/C23H27N5O3S/c1-14-24-21-17(25-16-7-3-4-8-18(16)32(2)30)13-19(27-23(29)15-10-11-15)26-22(21)28(14)20-9-5-6-12-31-20/h3-4,7-8,13,15,20H,5-6,9-12H2,1-2H3,(H2,25,26,27,29)/t20?,32-/m1/s1. The number of carbonyl (C=O) groups is 1. The van der Waals surface area contributed by atoms with Crippen LogP contribution < -0.4 is 10.6 Å². The van der Waals surface area contributed by atoms with Gasteiger partial charge in [0.05, 0.1) is 11.4 Å². The van der Waals surface area contributed by atoms with Crippen molar-refractivity contribution in [3.63, 3.8) is 0 Å². The highest BCUT2D eigenvalue weighted by Crippen LogP contribution is 2.35. The van der Waals surface area contributed by atoms with Crippen LogP contribution >= 0.6 is 0 Å². The van der Waals surface area contributed by atoms with E-state index in [1.54, 1.807) is 12.3 Å². The van der Waals surface area contributed by atoms with Gasteiger partial charge >= 0.3 is 0 Å². The summed E-state index contributed by atoms with van der Waals surface area (Å²) >= 11 is -1.16. The zero-order valence-corrected chi connectivity index (χ0v) is 19.1. The van der Waals surface area contributed by atoms with Crippen molar-refractivity contribution in [1.82, 2.24) is 14.5 Å². The molecule has 1 saturated heterocycles. The van der Waals surface area contributed by atoms with Crippen LogP contribution in [0.4, 0.5) is 17.2 Å². The number of benzene rings is 1. The number of hydrogen-bond acceptors (Lipinski definition) is 6. The van der Waals surface area contributed by atoms with Crippen molar-refractivity contribution in [2.45, 2.75) is 50.2 Å². The summed E-state index contributed by atoms with van der Waals surface area (Å²) in [6.07, 6.45) is 6.40. The molecule has 5 rings (SSSR count). The van der Waals surface area contributed by atoms with Crippen molar-refractivity contribution < 1.29 is 14.1 Å². The maximum absolute atomic E-state index is 12.5. The van der Waals surface area contributed by atoms with E-state index in [1.165, 1.54) is 0 Å². The van der Waals surface area contributed by atoms with Gasteiger partial charge in [-0.25, -0.2) is 9.97 Å². The Bertz CT molecular complexity index is 1150. The molecule has 2 N–H and O–H groups in total. The monoisotopic (exact) mass is 453 g/mol. The third kappa shape index (κ3) is 4.20. The topological polar surface area (TPSA) is 104 Å². The fraction of sp³-hybridized carbons (Fsp3) is 0.435. The van der Waals surface area contributed by atoms with Crippen molar-refractivity contribution in [2.24, 2.45) is 5.92 Å². The third-order valence-electron chi connectivity index (χ3n) is 5.93. The molecule has 9 heteroatoms. The summed E-state index contributed by atoms with van der Waals surface area (Å²) in [5.74, 6) is 1.35. The molecule has 168 valence electrons. The molecule has 32 heavy (non-hydrogen) atoms. The van der Waals surface area contributed by atoms with E-state index in [0.717, 1.165) is 43.6 Å². The summed E-state index contributed by atoms with van der Waals surface area (Å²) in [7, 11) is 0. The molecule has 0 radical (unpaired) electrons. The minimum Gasteiger partial charge on any atom is -0.612 e. The van der Waals surface area contributed by atoms with Gasteiger partial charge in [-0.3, -0.25) is 9.36 Å². The van der Waals surface area contributed by atoms with Crippen LogP contribution in [-0.2, 0) is 20.7 Å². The zero-order chi connectivity index (χ0) is 22.2. The van der Waals surface area contributed by atoms with Crippen LogP contribution in [0.15, 0.2) is 35.2 Å². The van der Waals surface area contributed by atoms with Crippen LogP contribution in [0.3, 0.4) is 0 Å². The first-order valence-electron chi connectivity index (χ1n) is 11.0. The number of nitrogens with one attached hydrogen (secondary N) is 2. The minimum atomic E-state index is -1.16. The van der Waals surface area contributed by atoms with Gasteiger partial charge in [-0.2, -0.15) is 0 Å². The lowest BCUT2D eigenvalue weighted by atomic mass is 10.2. The summed E-state index contributed by atoms with van der Waals surface area (Å²) in [4.78, 5) is 22.7. The first kappa shape index (κ1) is 21.2. The minimum absolute atomic E-state index is 0.00503. The number of nitrogens with zero attached hydrogens (tertiary/aromatic N) is 3. The number of ether oxygens (including phenoxy) is 1. The van der Waals surface area contributed by atoms with Gasteiger partial charge in [0.2, 0.25) is 5.91 Å². The Morgan fingerprint density at radius 1 is 1.19 bits per heavy atom. The smallest absolute Gasteiger partial charge is 0.228 e. The van der Waals surface area contributed by atoms with Crippen LogP contribution in [0.25, 0.3) is 11.2 Å². The van der Waals surface area contributed by atoms with Crippen molar-refractivity contribution >= 4 is 45.4 Å². The number of hydrogen-bond donors (Lipinski definition) is 2. The molecule has 1 aromatic carbocycles. The molecule has 0 bridgehead atoms. The number of imidazole rings is 1. The Kier molecular flexibility index (Phi) is 5.79. The highest BCUT2D eigenvalue weighted by atomic mass is 32.2. The molecule has 2 atom stereocenters. The number of carbonyl (C=O) groups excluding carboxylic acids is 1. The van der Waals surface area contributed by atoms with E-state index in [9.17, 15) is 9.35 Å². The lowest BCUT2D eigenvalue weighted by Crippen LogP contribution is -2.20. The van der Waals surface area contributed by atoms with Gasteiger partial charge < -0.3 is 19.9 Å². The summed E-state index contributed by atoms with van der Waals surface area (Å²) in [5, 5.41) is 6.36. The number of pyridine rings is 1. The largest absolute Gasteiger partial charge is 0.612 e. The zero-order valence-electron chi connectivity index (χ0n) is 18.3. The molecule has 3 heterocycles. The van der Waals surface area contributed by atoms with Crippen LogP contribution in [0, 0.1) is 12.8 Å². The molecule has 1 unspecified atom stereocenters. The molecule has 2 aliphatic rings. The Morgan fingerprint density at radius 3 is 2.72 bits per heavy atom.